The zero-order chi connectivity index (χ0) is 13.7. The van der Waals surface area contributed by atoms with Crippen molar-refractivity contribution in [1.82, 2.24) is 0 Å². The molecule has 3 nitrogen and oxygen atoms in total. The lowest BCUT2D eigenvalue weighted by Gasteiger charge is -2.39. The van der Waals surface area contributed by atoms with Gasteiger partial charge in [-0.3, -0.25) is 0 Å². The molecule has 1 atom stereocenters. The van der Waals surface area contributed by atoms with Gasteiger partial charge in [-0.2, -0.15) is 17.0 Å². The molecule has 1 heterocycles. The predicted octanol–water partition coefficient (Wildman–Crippen LogP) is 3.53. The van der Waals surface area contributed by atoms with Gasteiger partial charge in [0.05, 0.1) is 0 Å². The Balaban J connectivity index is 2.04. The maximum atomic E-state index is 8.53. The minimum Gasteiger partial charge on any atom is -0.479 e. The second-order valence-electron chi connectivity index (χ2n) is 5.49. The van der Waals surface area contributed by atoms with Gasteiger partial charge < -0.3 is 10.1 Å². The third-order valence-corrected chi connectivity index (χ3v) is 4.66. The first kappa shape index (κ1) is 14.1. The minimum absolute atomic E-state index is 0.0915. The molecular weight excluding hydrogens is 256 g/mol. The van der Waals surface area contributed by atoms with Crippen molar-refractivity contribution in [3.8, 4) is 11.8 Å². The van der Waals surface area contributed by atoms with Gasteiger partial charge in [-0.05, 0) is 29.7 Å². The fourth-order valence-electron chi connectivity index (χ4n) is 2.17. The van der Waals surface area contributed by atoms with Gasteiger partial charge in [0.15, 0.2) is 6.61 Å². The van der Waals surface area contributed by atoms with Crippen LogP contribution in [-0.2, 0) is 0 Å². The molecule has 19 heavy (non-hydrogen) atoms. The largest absolute Gasteiger partial charge is 0.479 e. The third kappa shape index (κ3) is 3.81. The van der Waals surface area contributed by atoms with Crippen molar-refractivity contribution in [2.75, 3.05) is 23.4 Å². The van der Waals surface area contributed by atoms with Crippen LogP contribution in [0.15, 0.2) is 24.3 Å². The van der Waals surface area contributed by atoms with Gasteiger partial charge in [-0.1, -0.05) is 19.9 Å². The lowest BCUT2D eigenvalue weighted by Crippen LogP contribution is -2.41. The van der Waals surface area contributed by atoms with Crippen LogP contribution in [0.2, 0.25) is 0 Å². The number of thioether (sulfide) groups is 1. The number of anilines is 1. The van der Waals surface area contributed by atoms with E-state index in [1.54, 1.807) is 0 Å². The summed E-state index contributed by atoms with van der Waals surface area (Å²) >= 11 is 2.01. The van der Waals surface area contributed by atoms with Crippen LogP contribution in [0.5, 0.6) is 5.75 Å². The van der Waals surface area contributed by atoms with Gasteiger partial charge in [0, 0.05) is 23.5 Å². The van der Waals surface area contributed by atoms with Crippen molar-refractivity contribution in [3.63, 3.8) is 0 Å². The number of hydrogen-bond donors (Lipinski definition) is 1. The molecule has 1 aromatic carbocycles. The number of ether oxygens (including phenoxy) is 1. The molecule has 4 heteroatoms. The number of rotatable bonds is 4. The molecule has 0 amide bonds. The van der Waals surface area contributed by atoms with Gasteiger partial charge >= 0.3 is 0 Å². The van der Waals surface area contributed by atoms with E-state index in [2.05, 4.69) is 25.2 Å². The Labute approximate surface area is 119 Å². The van der Waals surface area contributed by atoms with Gasteiger partial charge in [0.25, 0.3) is 0 Å². The summed E-state index contributed by atoms with van der Waals surface area (Å²) in [7, 11) is 0. The Bertz CT molecular complexity index is 467. The summed E-state index contributed by atoms with van der Waals surface area (Å²) in [6.45, 7) is 4.73. The maximum absolute atomic E-state index is 8.53. The normalized spacial score (nSPS) is 21.4. The van der Waals surface area contributed by atoms with Crippen molar-refractivity contribution in [2.24, 2.45) is 5.41 Å². The van der Waals surface area contributed by atoms with Crippen LogP contribution >= 0.6 is 11.8 Å². The Hall–Kier alpha value is -1.34. The van der Waals surface area contributed by atoms with Crippen molar-refractivity contribution < 1.29 is 4.74 Å². The van der Waals surface area contributed by atoms with Crippen LogP contribution < -0.4 is 10.1 Å². The van der Waals surface area contributed by atoms with Crippen LogP contribution in [0.1, 0.15) is 20.3 Å². The highest BCUT2D eigenvalue weighted by molar-refractivity contribution is 7.99. The zero-order valence-electron chi connectivity index (χ0n) is 11.5. The second-order valence-corrected chi connectivity index (χ2v) is 6.63. The monoisotopic (exact) mass is 276 g/mol. The van der Waals surface area contributed by atoms with Crippen LogP contribution in [-0.4, -0.2) is 24.2 Å². The molecule has 0 aromatic heterocycles. The summed E-state index contributed by atoms with van der Waals surface area (Å²) in [6, 6.07) is 10.3. The Kier molecular flexibility index (Phi) is 4.60. The number of nitriles is 1. The van der Waals surface area contributed by atoms with Gasteiger partial charge in [0.1, 0.15) is 11.8 Å². The molecule has 2 rings (SSSR count). The van der Waals surface area contributed by atoms with Crippen molar-refractivity contribution in [3.05, 3.63) is 24.3 Å². The fraction of sp³-hybridized carbons (Fsp3) is 0.533. The summed E-state index contributed by atoms with van der Waals surface area (Å²) in [5.41, 5.74) is 1.38. The van der Waals surface area contributed by atoms with E-state index in [-0.39, 0.29) is 6.61 Å². The molecule has 0 spiro atoms. The molecule has 0 radical (unpaired) electrons. The first-order chi connectivity index (χ1) is 9.12. The molecular formula is C15H20N2OS. The van der Waals surface area contributed by atoms with Crippen LogP contribution in [0.25, 0.3) is 0 Å². The van der Waals surface area contributed by atoms with Crippen LogP contribution in [0.3, 0.4) is 0 Å². The van der Waals surface area contributed by atoms with E-state index in [9.17, 15) is 0 Å². The van der Waals surface area contributed by atoms with Crippen molar-refractivity contribution in [2.45, 2.75) is 26.3 Å². The maximum Gasteiger partial charge on any atom is 0.174 e. The molecule has 102 valence electrons. The van der Waals surface area contributed by atoms with Gasteiger partial charge in [-0.15, -0.1) is 0 Å². The molecule has 1 N–H and O–H groups in total. The molecule has 1 fully saturated rings. The van der Waals surface area contributed by atoms with E-state index in [0.29, 0.717) is 11.5 Å². The summed E-state index contributed by atoms with van der Waals surface area (Å²) in [5, 5.41) is 12.1. The lowest BCUT2D eigenvalue weighted by atomic mass is 9.82. The number of benzene rings is 1. The average Bonchev–Trinajstić information content (AvgIpc) is 2.39. The molecule has 0 bridgehead atoms. The smallest absolute Gasteiger partial charge is 0.174 e. The first-order valence-electron chi connectivity index (χ1n) is 6.56. The summed E-state index contributed by atoms with van der Waals surface area (Å²) < 4.78 is 5.33. The van der Waals surface area contributed by atoms with Crippen LogP contribution in [0, 0.1) is 16.7 Å². The lowest BCUT2D eigenvalue weighted by molar-refractivity contribution is 0.305. The molecule has 0 saturated carbocycles. The first-order valence-corrected chi connectivity index (χ1v) is 7.71. The molecule has 1 unspecified atom stereocenters. The molecule has 1 aliphatic heterocycles. The van der Waals surface area contributed by atoms with Crippen LogP contribution in [0.4, 0.5) is 5.69 Å². The average molecular weight is 276 g/mol. The Morgan fingerprint density at radius 2 is 2.37 bits per heavy atom. The van der Waals surface area contributed by atoms with E-state index in [1.807, 2.05) is 36.0 Å². The van der Waals surface area contributed by atoms with E-state index >= 15 is 0 Å². The summed E-state index contributed by atoms with van der Waals surface area (Å²) in [6.07, 6.45) is 1.24. The quantitative estimate of drug-likeness (QED) is 0.913. The van der Waals surface area contributed by atoms with E-state index < -0.39 is 0 Å². The summed E-state index contributed by atoms with van der Waals surface area (Å²) in [5.74, 6) is 3.13. The van der Waals surface area contributed by atoms with E-state index in [0.717, 1.165) is 17.2 Å². The zero-order valence-corrected chi connectivity index (χ0v) is 12.3. The highest BCUT2D eigenvalue weighted by Crippen LogP contribution is 2.36. The highest BCUT2D eigenvalue weighted by Gasteiger charge is 2.32. The van der Waals surface area contributed by atoms with Gasteiger partial charge in [-0.25, -0.2) is 0 Å². The fourth-order valence-corrected chi connectivity index (χ4v) is 3.77. The second kappa shape index (κ2) is 6.21. The standard InChI is InChI=1S/C15H20N2OS/c1-15(2)6-9-19-11-14(15)17-12-4-3-5-13(10-12)18-8-7-16/h3-5,10,14,17H,6,8-9,11H2,1-2H3. The third-order valence-electron chi connectivity index (χ3n) is 3.60. The van der Waals surface area contributed by atoms with E-state index in [1.165, 1.54) is 12.2 Å². The summed E-state index contributed by atoms with van der Waals surface area (Å²) in [4.78, 5) is 0. The topological polar surface area (TPSA) is 45.0 Å². The number of hydrogen-bond acceptors (Lipinski definition) is 4. The Morgan fingerprint density at radius 1 is 1.53 bits per heavy atom. The molecule has 1 aliphatic rings. The molecule has 1 saturated heterocycles. The SMILES string of the molecule is CC1(C)CCSCC1Nc1cccc(OCC#N)c1. The number of nitrogens with zero attached hydrogens (tertiary/aromatic N) is 1. The molecule has 1 aromatic rings. The number of nitrogens with one attached hydrogen (secondary N) is 1. The van der Waals surface area contributed by atoms with Gasteiger partial charge in [0.2, 0.25) is 0 Å². The Morgan fingerprint density at radius 3 is 3.11 bits per heavy atom. The molecule has 0 aliphatic carbocycles. The van der Waals surface area contributed by atoms with Crippen molar-refractivity contribution in [1.29, 1.82) is 5.26 Å². The van der Waals surface area contributed by atoms with Crippen molar-refractivity contribution >= 4 is 17.4 Å². The van der Waals surface area contributed by atoms with E-state index in [4.69, 9.17) is 10.00 Å². The highest BCUT2D eigenvalue weighted by atomic mass is 32.2. The minimum atomic E-state index is 0.0915. The predicted molar refractivity (Wildman–Crippen MR) is 80.7 cm³/mol.